The Morgan fingerprint density at radius 2 is 1.29 bits per heavy atom. The molecule has 0 aliphatic heterocycles. The molecule has 0 aromatic rings. The van der Waals surface area contributed by atoms with E-state index in [-0.39, 0.29) is 24.4 Å². The van der Waals surface area contributed by atoms with E-state index in [0.29, 0.717) is 0 Å². The molecule has 0 bridgehead atoms. The SMILES string of the molecule is CC(=O)CC(O)(CC(C)=O)C(C)(C)O. The van der Waals surface area contributed by atoms with Gasteiger partial charge in [0.2, 0.25) is 0 Å². The van der Waals surface area contributed by atoms with E-state index in [4.69, 9.17) is 0 Å². The average Bonchev–Trinajstić information content (AvgIpc) is 1.78. The number of aliphatic hydroxyl groups is 2. The van der Waals surface area contributed by atoms with Gasteiger partial charge < -0.3 is 10.2 Å². The molecule has 4 nitrogen and oxygen atoms in total. The zero-order valence-corrected chi connectivity index (χ0v) is 9.13. The third kappa shape index (κ3) is 3.55. The van der Waals surface area contributed by atoms with Gasteiger partial charge in [0, 0.05) is 12.8 Å². The van der Waals surface area contributed by atoms with Crippen LogP contribution in [0, 0.1) is 0 Å². The lowest BCUT2D eigenvalue weighted by Crippen LogP contribution is -2.52. The molecule has 0 amide bonds. The number of rotatable bonds is 5. The number of Topliss-reactive ketones (excluding diaryl/α,β-unsaturated/α-hetero) is 2. The van der Waals surface area contributed by atoms with Crippen molar-refractivity contribution in [3.63, 3.8) is 0 Å². The second-order valence-corrected chi connectivity index (χ2v) is 4.35. The molecule has 0 aliphatic carbocycles. The Morgan fingerprint density at radius 3 is 1.43 bits per heavy atom. The van der Waals surface area contributed by atoms with Crippen molar-refractivity contribution in [2.45, 2.75) is 51.7 Å². The molecule has 0 atom stereocenters. The van der Waals surface area contributed by atoms with Crippen molar-refractivity contribution < 1.29 is 19.8 Å². The Bertz CT molecular complexity index is 221. The van der Waals surface area contributed by atoms with Gasteiger partial charge in [0.1, 0.15) is 17.2 Å². The van der Waals surface area contributed by atoms with E-state index in [0.717, 1.165) is 0 Å². The van der Waals surface area contributed by atoms with Crippen molar-refractivity contribution >= 4 is 11.6 Å². The molecule has 2 N–H and O–H groups in total. The van der Waals surface area contributed by atoms with E-state index < -0.39 is 11.2 Å². The Morgan fingerprint density at radius 1 is 1.00 bits per heavy atom. The number of carbonyl (C=O) groups excluding carboxylic acids is 2. The summed E-state index contributed by atoms with van der Waals surface area (Å²) in [5, 5.41) is 19.7. The van der Waals surface area contributed by atoms with Crippen LogP contribution in [0.5, 0.6) is 0 Å². The molecular formula is C10H18O4. The lowest BCUT2D eigenvalue weighted by molar-refractivity contribution is -0.157. The van der Waals surface area contributed by atoms with Gasteiger partial charge in [-0.1, -0.05) is 0 Å². The van der Waals surface area contributed by atoms with Crippen molar-refractivity contribution in [2.75, 3.05) is 0 Å². The number of hydrogen-bond acceptors (Lipinski definition) is 4. The fourth-order valence-corrected chi connectivity index (χ4v) is 1.32. The second-order valence-electron chi connectivity index (χ2n) is 4.35. The lowest BCUT2D eigenvalue weighted by atomic mass is 9.78. The molecule has 0 aromatic heterocycles. The van der Waals surface area contributed by atoms with E-state index in [9.17, 15) is 19.8 Å². The Hall–Kier alpha value is -0.740. The largest absolute Gasteiger partial charge is 0.387 e. The van der Waals surface area contributed by atoms with Gasteiger partial charge in [-0.3, -0.25) is 9.59 Å². The van der Waals surface area contributed by atoms with Crippen molar-refractivity contribution in [2.24, 2.45) is 0 Å². The highest BCUT2D eigenvalue weighted by molar-refractivity contribution is 5.81. The van der Waals surface area contributed by atoms with Crippen molar-refractivity contribution in [1.29, 1.82) is 0 Å². The highest BCUT2D eigenvalue weighted by Crippen LogP contribution is 2.29. The quantitative estimate of drug-likeness (QED) is 0.678. The molecule has 0 rings (SSSR count). The molecule has 0 spiro atoms. The van der Waals surface area contributed by atoms with Gasteiger partial charge in [-0.15, -0.1) is 0 Å². The van der Waals surface area contributed by atoms with Gasteiger partial charge in [0.05, 0.1) is 5.60 Å². The minimum absolute atomic E-state index is 0.212. The first-order chi connectivity index (χ1) is 6.08. The summed E-state index contributed by atoms with van der Waals surface area (Å²) in [7, 11) is 0. The van der Waals surface area contributed by atoms with Gasteiger partial charge in [-0.05, 0) is 27.7 Å². The maximum atomic E-state index is 10.9. The highest BCUT2D eigenvalue weighted by atomic mass is 16.4. The minimum atomic E-state index is -1.66. The number of carbonyl (C=O) groups is 2. The van der Waals surface area contributed by atoms with Crippen LogP contribution in [0.3, 0.4) is 0 Å². The van der Waals surface area contributed by atoms with Gasteiger partial charge in [0.15, 0.2) is 0 Å². The first-order valence-corrected chi connectivity index (χ1v) is 4.52. The monoisotopic (exact) mass is 202 g/mol. The molecule has 0 unspecified atom stereocenters. The van der Waals surface area contributed by atoms with Crippen LogP contribution in [0.4, 0.5) is 0 Å². The highest BCUT2D eigenvalue weighted by Gasteiger charge is 2.43. The molecule has 0 saturated heterocycles. The van der Waals surface area contributed by atoms with Crippen LogP contribution in [0.25, 0.3) is 0 Å². The smallest absolute Gasteiger partial charge is 0.132 e. The van der Waals surface area contributed by atoms with Crippen molar-refractivity contribution in [1.82, 2.24) is 0 Å². The first kappa shape index (κ1) is 13.3. The molecule has 0 fully saturated rings. The van der Waals surface area contributed by atoms with Crippen LogP contribution in [0.15, 0.2) is 0 Å². The maximum absolute atomic E-state index is 10.9. The van der Waals surface area contributed by atoms with Crippen LogP contribution < -0.4 is 0 Å². The van der Waals surface area contributed by atoms with Crippen LogP contribution in [-0.2, 0) is 9.59 Å². The predicted molar refractivity (Wildman–Crippen MR) is 51.8 cm³/mol. The summed E-state index contributed by atoms with van der Waals surface area (Å²) < 4.78 is 0. The maximum Gasteiger partial charge on any atom is 0.132 e. The summed E-state index contributed by atoms with van der Waals surface area (Å²) in [5.74, 6) is -0.508. The Labute approximate surface area is 83.9 Å². The zero-order valence-electron chi connectivity index (χ0n) is 9.13. The van der Waals surface area contributed by atoms with Crippen LogP contribution in [-0.4, -0.2) is 33.0 Å². The molecule has 0 aromatic carbocycles. The third-order valence-electron chi connectivity index (χ3n) is 2.22. The van der Waals surface area contributed by atoms with E-state index in [1.165, 1.54) is 27.7 Å². The predicted octanol–water partition coefficient (Wildman–Crippen LogP) is 0.447. The zero-order chi connectivity index (χ0) is 11.6. The molecule has 82 valence electrons. The van der Waals surface area contributed by atoms with Crippen LogP contribution >= 0.6 is 0 Å². The van der Waals surface area contributed by atoms with Crippen LogP contribution in [0.1, 0.15) is 40.5 Å². The summed E-state index contributed by atoms with van der Waals surface area (Å²) in [6, 6.07) is 0. The normalized spacial score (nSPS) is 12.7. The topological polar surface area (TPSA) is 74.6 Å². The summed E-state index contributed by atoms with van der Waals surface area (Å²) in [5.41, 5.74) is -3.13. The Kier molecular flexibility index (Phi) is 3.97. The number of hydrogen-bond donors (Lipinski definition) is 2. The number of ketones is 2. The summed E-state index contributed by atoms with van der Waals surface area (Å²) >= 11 is 0. The fraction of sp³-hybridized carbons (Fsp3) is 0.800. The Balaban J connectivity index is 4.85. The van der Waals surface area contributed by atoms with E-state index in [1.807, 2.05) is 0 Å². The van der Waals surface area contributed by atoms with E-state index in [1.54, 1.807) is 0 Å². The van der Waals surface area contributed by atoms with Gasteiger partial charge in [0.25, 0.3) is 0 Å². The van der Waals surface area contributed by atoms with Gasteiger partial charge in [-0.25, -0.2) is 0 Å². The van der Waals surface area contributed by atoms with Crippen LogP contribution in [0.2, 0.25) is 0 Å². The molecule has 4 heteroatoms. The van der Waals surface area contributed by atoms with Crippen molar-refractivity contribution in [3.05, 3.63) is 0 Å². The second kappa shape index (κ2) is 4.19. The summed E-state index contributed by atoms with van der Waals surface area (Å²) in [6.07, 6.45) is -0.424. The van der Waals surface area contributed by atoms with E-state index >= 15 is 0 Å². The lowest BCUT2D eigenvalue weighted by Gasteiger charge is -2.37. The molecule has 0 radical (unpaired) electrons. The van der Waals surface area contributed by atoms with Gasteiger partial charge >= 0.3 is 0 Å². The first-order valence-electron chi connectivity index (χ1n) is 4.52. The minimum Gasteiger partial charge on any atom is -0.387 e. The molecule has 0 heterocycles. The fourth-order valence-electron chi connectivity index (χ4n) is 1.32. The molecular weight excluding hydrogens is 184 g/mol. The van der Waals surface area contributed by atoms with E-state index in [2.05, 4.69) is 0 Å². The van der Waals surface area contributed by atoms with Crippen molar-refractivity contribution in [3.8, 4) is 0 Å². The molecule has 0 aliphatic rings. The van der Waals surface area contributed by atoms with Gasteiger partial charge in [-0.2, -0.15) is 0 Å². The summed E-state index contributed by atoms with van der Waals surface area (Å²) in [4.78, 5) is 21.8. The average molecular weight is 202 g/mol. The third-order valence-corrected chi connectivity index (χ3v) is 2.22. The molecule has 14 heavy (non-hydrogen) atoms. The molecule has 0 saturated carbocycles. The summed E-state index contributed by atoms with van der Waals surface area (Å²) in [6.45, 7) is 5.41. The standard InChI is InChI=1S/C10H18O4/c1-7(11)5-10(14,6-8(2)12)9(3,4)13/h13-14H,5-6H2,1-4H3.